The van der Waals surface area contributed by atoms with Crippen LogP contribution in [0.15, 0.2) is 59.5 Å². The van der Waals surface area contributed by atoms with Gasteiger partial charge in [0, 0.05) is 22.8 Å². The Bertz CT molecular complexity index is 1270. The molecule has 0 radical (unpaired) electrons. The largest absolute Gasteiger partial charge is 0.493 e. The monoisotopic (exact) mass is 484 g/mol. The van der Waals surface area contributed by atoms with Crippen LogP contribution in [-0.2, 0) is 10.0 Å². The number of methoxy groups -OCH3 is 1. The summed E-state index contributed by atoms with van der Waals surface area (Å²) in [5.41, 5.74) is 0.0753. The molecule has 0 spiro atoms. The molecule has 3 N–H and O–H groups in total. The number of halogens is 3. The van der Waals surface area contributed by atoms with Crippen LogP contribution in [0, 0.1) is 5.82 Å². The second kappa shape index (κ2) is 9.11. The number of nitrogens with two attached hydrogens (primary N) is 1. The van der Waals surface area contributed by atoms with E-state index in [1.807, 2.05) is 0 Å². The second-order valence-electron chi connectivity index (χ2n) is 6.18. The number of carbonyl (C=O) groups excluding carboxylic acids is 1. The zero-order valence-electron chi connectivity index (χ0n) is 15.9. The molecule has 0 heterocycles. The van der Waals surface area contributed by atoms with Gasteiger partial charge in [0.1, 0.15) is 17.1 Å². The Labute approximate surface area is 187 Å². The Kier molecular flexibility index (Phi) is 6.71. The molecule has 3 aromatic rings. The number of primary sulfonamides is 1. The van der Waals surface area contributed by atoms with Gasteiger partial charge in [-0.25, -0.2) is 17.9 Å². The Morgan fingerprint density at radius 2 is 1.77 bits per heavy atom. The van der Waals surface area contributed by atoms with Gasteiger partial charge in [0.05, 0.1) is 17.0 Å². The third kappa shape index (κ3) is 5.45. The summed E-state index contributed by atoms with van der Waals surface area (Å²) >= 11 is 12.3. The number of carbonyl (C=O) groups is 1. The van der Waals surface area contributed by atoms with E-state index >= 15 is 0 Å². The van der Waals surface area contributed by atoms with Crippen molar-refractivity contribution in [1.82, 2.24) is 0 Å². The first-order valence-electron chi connectivity index (χ1n) is 8.53. The van der Waals surface area contributed by atoms with Gasteiger partial charge in [0.15, 0.2) is 11.5 Å². The number of sulfonamides is 1. The first-order chi connectivity index (χ1) is 14.6. The standard InChI is InChI=1S/C20H15Cl2FN2O5S/c1-29-17-9-12(23)5-6-16(17)30-18-8-11(21)7-15(22)19(18)20(26)25-13-3-2-4-14(10-13)31(24,27)28/h2-10H,1H3,(H,25,26)(H2,24,27,28). The van der Waals surface area contributed by atoms with Crippen molar-refractivity contribution in [3.63, 3.8) is 0 Å². The van der Waals surface area contributed by atoms with Gasteiger partial charge < -0.3 is 14.8 Å². The molecule has 0 unspecified atom stereocenters. The average Bonchev–Trinajstić information content (AvgIpc) is 2.68. The molecule has 0 aromatic heterocycles. The van der Waals surface area contributed by atoms with E-state index in [4.69, 9.17) is 37.8 Å². The second-order valence-corrected chi connectivity index (χ2v) is 8.59. The van der Waals surface area contributed by atoms with E-state index in [1.165, 1.54) is 49.6 Å². The maximum absolute atomic E-state index is 13.5. The van der Waals surface area contributed by atoms with Gasteiger partial charge in [-0.15, -0.1) is 0 Å². The van der Waals surface area contributed by atoms with Crippen LogP contribution in [0.4, 0.5) is 10.1 Å². The molecule has 3 rings (SSSR count). The Morgan fingerprint density at radius 1 is 1.03 bits per heavy atom. The predicted molar refractivity (Wildman–Crippen MR) is 115 cm³/mol. The minimum absolute atomic E-state index is 0.0244. The lowest BCUT2D eigenvalue weighted by atomic mass is 10.1. The Balaban J connectivity index is 1.99. The minimum atomic E-state index is -3.96. The van der Waals surface area contributed by atoms with Crippen LogP contribution in [0.5, 0.6) is 17.2 Å². The quantitative estimate of drug-likeness (QED) is 0.520. The van der Waals surface area contributed by atoms with E-state index in [-0.39, 0.29) is 43.4 Å². The number of rotatable bonds is 6. The Morgan fingerprint density at radius 3 is 2.45 bits per heavy atom. The highest BCUT2D eigenvalue weighted by atomic mass is 35.5. The number of hydrogen-bond acceptors (Lipinski definition) is 5. The molecule has 0 bridgehead atoms. The van der Waals surface area contributed by atoms with Crippen molar-refractivity contribution in [3.05, 3.63) is 76.0 Å². The lowest BCUT2D eigenvalue weighted by Gasteiger charge is -2.15. The number of nitrogens with one attached hydrogen (secondary N) is 1. The zero-order chi connectivity index (χ0) is 22.8. The van der Waals surface area contributed by atoms with Crippen molar-refractivity contribution >= 4 is 44.8 Å². The molecule has 0 aliphatic carbocycles. The summed E-state index contributed by atoms with van der Waals surface area (Å²) in [5.74, 6) is -1.07. The van der Waals surface area contributed by atoms with Gasteiger partial charge in [0.2, 0.25) is 10.0 Å². The highest BCUT2D eigenvalue weighted by Crippen LogP contribution is 2.38. The molecule has 0 saturated heterocycles. The molecule has 3 aromatic carbocycles. The van der Waals surface area contributed by atoms with Crippen LogP contribution < -0.4 is 19.9 Å². The molecule has 11 heteroatoms. The van der Waals surface area contributed by atoms with Crippen molar-refractivity contribution in [1.29, 1.82) is 0 Å². The topological polar surface area (TPSA) is 108 Å². The summed E-state index contributed by atoms with van der Waals surface area (Å²) in [6.07, 6.45) is 0. The maximum atomic E-state index is 13.5. The lowest BCUT2D eigenvalue weighted by molar-refractivity contribution is 0.102. The summed E-state index contributed by atoms with van der Waals surface area (Å²) in [6, 6.07) is 11.7. The van der Waals surface area contributed by atoms with Crippen molar-refractivity contribution in [2.75, 3.05) is 12.4 Å². The van der Waals surface area contributed by atoms with E-state index in [9.17, 15) is 17.6 Å². The summed E-state index contributed by atoms with van der Waals surface area (Å²) in [4.78, 5) is 12.8. The van der Waals surface area contributed by atoms with E-state index < -0.39 is 21.7 Å². The van der Waals surface area contributed by atoms with Gasteiger partial charge in [-0.3, -0.25) is 4.79 Å². The minimum Gasteiger partial charge on any atom is -0.493 e. The fourth-order valence-corrected chi connectivity index (χ4v) is 3.76. The van der Waals surface area contributed by atoms with Crippen LogP contribution >= 0.6 is 23.2 Å². The summed E-state index contributed by atoms with van der Waals surface area (Å²) < 4.78 is 47.4. The van der Waals surface area contributed by atoms with Crippen molar-refractivity contribution in [3.8, 4) is 17.2 Å². The predicted octanol–water partition coefficient (Wildman–Crippen LogP) is 4.83. The van der Waals surface area contributed by atoms with Crippen LogP contribution in [0.1, 0.15) is 10.4 Å². The Hall–Kier alpha value is -2.85. The van der Waals surface area contributed by atoms with Gasteiger partial charge in [-0.2, -0.15) is 0 Å². The maximum Gasteiger partial charge on any atom is 0.260 e. The summed E-state index contributed by atoms with van der Waals surface area (Å²) in [6.45, 7) is 0. The van der Waals surface area contributed by atoms with Crippen molar-refractivity contribution < 1.29 is 27.1 Å². The lowest BCUT2D eigenvalue weighted by Crippen LogP contribution is -2.16. The van der Waals surface area contributed by atoms with Crippen LogP contribution in [-0.4, -0.2) is 21.4 Å². The number of benzene rings is 3. The number of amides is 1. The van der Waals surface area contributed by atoms with E-state index in [2.05, 4.69) is 5.32 Å². The average molecular weight is 485 g/mol. The molecular formula is C20H15Cl2FN2O5S. The highest BCUT2D eigenvalue weighted by Gasteiger charge is 2.21. The van der Waals surface area contributed by atoms with Crippen molar-refractivity contribution in [2.24, 2.45) is 5.14 Å². The normalized spacial score (nSPS) is 11.1. The van der Waals surface area contributed by atoms with E-state index in [1.54, 1.807) is 0 Å². The molecule has 31 heavy (non-hydrogen) atoms. The molecule has 0 atom stereocenters. The van der Waals surface area contributed by atoms with Crippen LogP contribution in [0.25, 0.3) is 0 Å². The van der Waals surface area contributed by atoms with Crippen LogP contribution in [0.2, 0.25) is 10.0 Å². The third-order valence-corrected chi connectivity index (χ3v) is 5.44. The molecule has 162 valence electrons. The summed E-state index contributed by atoms with van der Waals surface area (Å²) in [5, 5.41) is 7.82. The molecular weight excluding hydrogens is 470 g/mol. The SMILES string of the molecule is COc1cc(F)ccc1Oc1cc(Cl)cc(Cl)c1C(=O)Nc1cccc(S(N)(=O)=O)c1. The first-order valence-corrected chi connectivity index (χ1v) is 10.8. The van der Waals surface area contributed by atoms with Gasteiger partial charge in [-0.05, 0) is 36.4 Å². The number of hydrogen-bond donors (Lipinski definition) is 2. The fourth-order valence-electron chi connectivity index (χ4n) is 2.64. The molecule has 7 nitrogen and oxygen atoms in total. The highest BCUT2D eigenvalue weighted by molar-refractivity contribution is 7.89. The fraction of sp³-hybridized carbons (Fsp3) is 0.0500. The van der Waals surface area contributed by atoms with Gasteiger partial charge in [-0.1, -0.05) is 29.3 Å². The molecule has 0 aliphatic heterocycles. The number of anilines is 1. The molecule has 1 amide bonds. The number of ether oxygens (including phenoxy) is 2. The molecule has 0 saturated carbocycles. The molecule has 0 aliphatic rings. The van der Waals surface area contributed by atoms with E-state index in [0.717, 1.165) is 12.1 Å². The third-order valence-electron chi connectivity index (χ3n) is 4.01. The molecule has 0 fully saturated rings. The zero-order valence-corrected chi connectivity index (χ0v) is 18.2. The van der Waals surface area contributed by atoms with Gasteiger partial charge in [0.25, 0.3) is 5.91 Å². The smallest absolute Gasteiger partial charge is 0.260 e. The van der Waals surface area contributed by atoms with Crippen LogP contribution in [0.3, 0.4) is 0 Å². The summed E-state index contributed by atoms with van der Waals surface area (Å²) in [7, 11) is -2.63. The van der Waals surface area contributed by atoms with Crippen molar-refractivity contribution in [2.45, 2.75) is 4.90 Å². The van der Waals surface area contributed by atoms with E-state index in [0.29, 0.717) is 0 Å². The first kappa shape index (κ1) is 22.8. The van der Waals surface area contributed by atoms with Gasteiger partial charge >= 0.3 is 0 Å².